The van der Waals surface area contributed by atoms with Crippen LogP contribution < -0.4 is 15.0 Å². The fraction of sp³-hybridized carbons (Fsp3) is 0.440. The average Bonchev–Trinajstić information content (AvgIpc) is 3.25. The molecule has 4 rings (SSSR count). The van der Waals surface area contributed by atoms with Crippen molar-refractivity contribution in [2.24, 2.45) is 4.99 Å². The fourth-order valence-corrected chi connectivity index (χ4v) is 4.52. The Morgan fingerprint density at radius 2 is 1.70 bits per heavy atom. The molecule has 2 aliphatic rings. The third-order valence-corrected chi connectivity index (χ3v) is 6.30. The van der Waals surface area contributed by atoms with Crippen molar-refractivity contribution in [1.29, 1.82) is 0 Å². The molecule has 0 saturated carbocycles. The third-order valence-electron chi connectivity index (χ3n) is 6.30. The maximum Gasteiger partial charge on any atom is 0.222 e. The number of amides is 1. The van der Waals surface area contributed by atoms with Gasteiger partial charge >= 0.3 is 0 Å². The lowest BCUT2D eigenvalue weighted by Gasteiger charge is -2.38. The van der Waals surface area contributed by atoms with Crippen LogP contribution in [0.25, 0.3) is 0 Å². The van der Waals surface area contributed by atoms with Crippen molar-refractivity contribution in [3.8, 4) is 5.75 Å². The molecule has 8 heteroatoms. The molecule has 0 bridgehead atoms. The largest absolute Gasteiger partial charge is 0.495 e. The van der Waals surface area contributed by atoms with Crippen LogP contribution in [0.1, 0.15) is 24.0 Å². The molecule has 0 spiro atoms. The summed E-state index contributed by atoms with van der Waals surface area (Å²) in [5.41, 5.74) is 3.55. The van der Waals surface area contributed by atoms with E-state index in [9.17, 15) is 4.79 Å². The zero-order valence-electron chi connectivity index (χ0n) is 19.5. The van der Waals surface area contributed by atoms with E-state index in [0.29, 0.717) is 19.5 Å². The molecule has 0 unspecified atom stereocenters. The first-order valence-electron chi connectivity index (χ1n) is 11.4. The molecule has 0 atom stereocenters. The second kappa shape index (κ2) is 12.1. The Hall–Kier alpha value is -2.49. The molecule has 33 heavy (non-hydrogen) atoms. The van der Waals surface area contributed by atoms with E-state index in [1.165, 1.54) is 11.1 Å². The lowest BCUT2D eigenvalue weighted by Crippen LogP contribution is -2.52. The predicted molar refractivity (Wildman–Crippen MR) is 143 cm³/mol. The monoisotopic (exact) mass is 563 g/mol. The van der Waals surface area contributed by atoms with Crippen molar-refractivity contribution < 1.29 is 9.53 Å². The topological polar surface area (TPSA) is 60.4 Å². The van der Waals surface area contributed by atoms with Gasteiger partial charge in [-0.2, -0.15) is 0 Å². The average molecular weight is 563 g/mol. The number of rotatable bonds is 6. The third kappa shape index (κ3) is 6.10. The second-order valence-electron chi connectivity index (χ2n) is 8.23. The van der Waals surface area contributed by atoms with E-state index in [4.69, 9.17) is 4.74 Å². The number of nitrogens with zero attached hydrogens (tertiary/aromatic N) is 4. The van der Waals surface area contributed by atoms with Gasteiger partial charge in [-0.25, -0.2) is 0 Å². The number of likely N-dealkylation sites (tertiary alicyclic amines) is 1. The Kier molecular flexibility index (Phi) is 9.22. The van der Waals surface area contributed by atoms with Crippen LogP contribution in [0.3, 0.4) is 0 Å². The number of para-hydroxylation sites is 2. The summed E-state index contributed by atoms with van der Waals surface area (Å²) >= 11 is 0. The van der Waals surface area contributed by atoms with Gasteiger partial charge in [-0.1, -0.05) is 36.4 Å². The van der Waals surface area contributed by atoms with Gasteiger partial charge in [-0.05, 0) is 29.7 Å². The first-order chi connectivity index (χ1) is 15.7. The van der Waals surface area contributed by atoms with E-state index in [-0.39, 0.29) is 29.9 Å². The number of aliphatic imine (C=N–C) groups is 1. The van der Waals surface area contributed by atoms with Crippen molar-refractivity contribution in [3.63, 3.8) is 0 Å². The Morgan fingerprint density at radius 3 is 2.36 bits per heavy atom. The molecule has 2 aliphatic heterocycles. The van der Waals surface area contributed by atoms with Crippen LogP contribution in [-0.2, 0) is 17.9 Å². The van der Waals surface area contributed by atoms with Crippen LogP contribution in [-0.4, -0.2) is 68.5 Å². The van der Waals surface area contributed by atoms with Gasteiger partial charge in [0, 0.05) is 59.3 Å². The summed E-state index contributed by atoms with van der Waals surface area (Å²) in [5, 5.41) is 3.54. The normalized spacial score (nSPS) is 16.6. The van der Waals surface area contributed by atoms with E-state index < -0.39 is 0 Å². The first-order valence-corrected chi connectivity index (χ1v) is 11.4. The van der Waals surface area contributed by atoms with E-state index in [2.05, 4.69) is 50.4 Å². The van der Waals surface area contributed by atoms with Crippen LogP contribution in [0.4, 0.5) is 5.69 Å². The molecule has 1 amide bonds. The van der Waals surface area contributed by atoms with E-state index in [0.717, 1.165) is 56.5 Å². The summed E-state index contributed by atoms with van der Waals surface area (Å²) in [6, 6.07) is 16.5. The van der Waals surface area contributed by atoms with Crippen molar-refractivity contribution in [3.05, 3.63) is 59.7 Å². The lowest BCUT2D eigenvalue weighted by molar-refractivity contribution is -0.128. The number of halogens is 1. The van der Waals surface area contributed by atoms with Gasteiger partial charge in [0.05, 0.1) is 12.8 Å². The van der Waals surface area contributed by atoms with Gasteiger partial charge in [0.25, 0.3) is 0 Å². The highest BCUT2D eigenvalue weighted by molar-refractivity contribution is 14.0. The summed E-state index contributed by atoms with van der Waals surface area (Å²) in [4.78, 5) is 23.2. The molecular formula is C25H34IN5O2. The number of carbonyl (C=O) groups is 1. The Labute approximate surface area is 213 Å². The number of hydrogen-bond acceptors (Lipinski definition) is 4. The van der Waals surface area contributed by atoms with Crippen LogP contribution >= 0.6 is 24.0 Å². The van der Waals surface area contributed by atoms with E-state index >= 15 is 0 Å². The summed E-state index contributed by atoms with van der Waals surface area (Å²) in [6.07, 6.45) is 1.64. The van der Waals surface area contributed by atoms with E-state index in [1.807, 2.05) is 30.1 Å². The highest BCUT2D eigenvalue weighted by Crippen LogP contribution is 2.28. The standard InChI is InChI=1S/C25H33N5O2.HI/c1-26-25(29-16-14-28(15-17-29)22-10-5-6-11-23(22)32-2)27-18-20-8-3-4-9-21(20)19-30-13-7-12-24(30)31;/h3-6,8-11H,7,12-19H2,1-2H3,(H,26,27);1H. The van der Waals surface area contributed by atoms with Gasteiger partial charge < -0.3 is 24.8 Å². The molecule has 0 radical (unpaired) electrons. The number of carbonyl (C=O) groups excluding carboxylic acids is 1. The molecule has 2 heterocycles. The minimum atomic E-state index is 0. The molecule has 2 aromatic carbocycles. The molecule has 0 aliphatic carbocycles. The van der Waals surface area contributed by atoms with Crippen LogP contribution in [0.15, 0.2) is 53.5 Å². The van der Waals surface area contributed by atoms with Crippen LogP contribution in [0.2, 0.25) is 0 Å². The van der Waals surface area contributed by atoms with Gasteiger partial charge in [-0.15, -0.1) is 24.0 Å². The van der Waals surface area contributed by atoms with Crippen molar-refractivity contribution >= 4 is 41.5 Å². The van der Waals surface area contributed by atoms with Gasteiger partial charge in [0.15, 0.2) is 5.96 Å². The second-order valence-corrected chi connectivity index (χ2v) is 8.23. The number of methoxy groups -OCH3 is 1. The zero-order chi connectivity index (χ0) is 22.3. The SMILES string of the molecule is CN=C(NCc1ccccc1CN1CCCC1=O)N1CCN(c2ccccc2OC)CC1.I. The maximum atomic E-state index is 12.1. The van der Waals surface area contributed by atoms with Gasteiger partial charge in [-0.3, -0.25) is 9.79 Å². The predicted octanol–water partition coefficient (Wildman–Crippen LogP) is 3.33. The molecule has 1 N–H and O–H groups in total. The lowest BCUT2D eigenvalue weighted by atomic mass is 10.1. The Balaban J connectivity index is 0.00000306. The highest BCUT2D eigenvalue weighted by Gasteiger charge is 2.23. The first kappa shape index (κ1) is 25.1. The number of hydrogen-bond donors (Lipinski definition) is 1. The molecule has 0 aromatic heterocycles. The number of ether oxygens (including phenoxy) is 1. The number of guanidine groups is 1. The molecular weight excluding hydrogens is 529 g/mol. The molecule has 2 aromatic rings. The highest BCUT2D eigenvalue weighted by atomic mass is 127. The molecule has 2 saturated heterocycles. The van der Waals surface area contributed by atoms with Crippen molar-refractivity contribution in [2.45, 2.75) is 25.9 Å². The molecule has 2 fully saturated rings. The van der Waals surface area contributed by atoms with Crippen molar-refractivity contribution in [1.82, 2.24) is 15.1 Å². The zero-order valence-corrected chi connectivity index (χ0v) is 21.8. The number of nitrogens with one attached hydrogen (secondary N) is 1. The Bertz CT molecular complexity index is 959. The fourth-order valence-electron chi connectivity index (χ4n) is 4.52. The smallest absolute Gasteiger partial charge is 0.222 e. The van der Waals surface area contributed by atoms with Crippen LogP contribution in [0.5, 0.6) is 5.75 Å². The van der Waals surface area contributed by atoms with Crippen molar-refractivity contribution in [2.75, 3.05) is 51.8 Å². The van der Waals surface area contributed by atoms with E-state index in [1.54, 1.807) is 7.11 Å². The number of piperazine rings is 1. The summed E-state index contributed by atoms with van der Waals surface area (Å²) in [6.45, 7) is 5.84. The van der Waals surface area contributed by atoms with Gasteiger partial charge in [0.1, 0.15) is 5.75 Å². The summed E-state index contributed by atoms with van der Waals surface area (Å²) in [7, 11) is 3.56. The number of benzene rings is 2. The minimum absolute atomic E-state index is 0. The minimum Gasteiger partial charge on any atom is -0.495 e. The van der Waals surface area contributed by atoms with Crippen LogP contribution in [0, 0.1) is 0 Å². The summed E-state index contributed by atoms with van der Waals surface area (Å²) in [5.74, 6) is 2.09. The Morgan fingerprint density at radius 1 is 1.00 bits per heavy atom. The molecule has 178 valence electrons. The molecule has 7 nitrogen and oxygen atoms in total. The maximum absolute atomic E-state index is 12.1. The quantitative estimate of drug-likeness (QED) is 0.332. The summed E-state index contributed by atoms with van der Waals surface area (Å²) < 4.78 is 5.53. The number of anilines is 1. The van der Waals surface area contributed by atoms with Gasteiger partial charge in [0.2, 0.25) is 5.91 Å².